The number of carbonyl (C=O) groups is 1. The summed E-state index contributed by atoms with van der Waals surface area (Å²) in [7, 11) is 1.67. The standard InChI is InChI=1S/C19H25N3O3S/c1-13-10-14(6-7-16(13)23)17(24)11-21(2)18(25)15-12-26-19(20-15)22-8-4-3-5-9-22/h6-7,10,12,17,23-24H,3-5,8-9,11H2,1-2H3. The normalized spacial score (nSPS) is 15.7. The second kappa shape index (κ2) is 8.05. The minimum absolute atomic E-state index is 0.166. The lowest BCUT2D eigenvalue weighted by molar-refractivity contribution is 0.0676. The van der Waals surface area contributed by atoms with Gasteiger partial charge in [0.05, 0.1) is 12.6 Å². The number of carbonyl (C=O) groups excluding carboxylic acids is 1. The molecule has 1 fully saturated rings. The number of hydrogen-bond donors (Lipinski definition) is 2. The Hall–Kier alpha value is -2.12. The maximum atomic E-state index is 12.6. The van der Waals surface area contributed by atoms with Crippen molar-refractivity contribution in [2.75, 3.05) is 31.6 Å². The Morgan fingerprint density at radius 2 is 2.08 bits per heavy atom. The van der Waals surface area contributed by atoms with Crippen LogP contribution in [0.4, 0.5) is 5.13 Å². The summed E-state index contributed by atoms with van der Waals surface area (Å²) in [6.07, 6.45) is 2.77. The van der Waals surface area contributed by atoms with E-state index in [1.165, 1.54) is 35.5 Å². The minimum atomic E-state index is -0.816. The van der Waals surface area contributed by atoms with Crippen molar-refractivity contribution in [3.8, 4) is 5.75 Å². The van der Waals surface area contributed by atoms with Crippen LogP contribution in [-0.2, 0) is 0 Å². The van der Waals surface area contributed by atoms with E-state index in [0.29, 0.717) is 16.8 Å². The zero-order valence-corrected chi connectivity index (χ0v) is 16.0. The number of aryl methyl sites for hydroxylation is 1. The second-order valence-corrected chi connectivity index (χ2v) is 7.65. The number of benzene rings is 1. The molecule has 0 spiro atoms. The van der Waals surface area contributed by atoms with Crippen molar-refractivity contribution in [2.24, 2.45) is 0 Å². The number of thiazole rings is 1. The molecule has 140 valence electrons. The Balaban J connectivity index is 1.63. The van der Waals surface area contributed by atoms with Gasteiger partial charge in [-0.1, -0.05) is 6.07 Å². The molecule has 26 heavy (non-hydrogen) atoms. The number of likely N-dealkylation sites (N-methyl/N-ethyl adjacent to an activating group) is 1. The number of anilines is 1. The highest BCUT2D eigenvalue weighted by Gasteiger charge is 2.21. The summed E-state index contributed by atoms with van der Waals surface area (Å²) in [6, 6.07) is 4.96. The number of nitrogens with zero attached hydrogens (tertiary/aromatic N) is 3. The Bertz CT molecular complexity index is 771. The van der Waals surface area contributed by atoms with Gasteiger partial charge in [-0.2, -0.15) is 0 Å². The number of amides is 1. The van der Waals surface area contributed by atoms with Gasteiger partial charge >= 0.3 is 0 Å². The van der Waals surface area contributed by atoms with Gasteiger partial charge in [-0.05, 0) is 49.4 Å². The average molecular weight is 375 g/mol. The van der Waals surface area contributed by atoms with E-state index in [4.69, 9.17) is 0 Å². The van der Waals surface area contributed by atoms with Gasteiger partial charge in [0.15, 0.2) is 5.13 Å². The molecule has 7 heteroatoms. The summed E-state index contributed by atoms with van der Waals surface area (Å²) in [4.78, 5) is 20.9. The third-order valence-corrected chi connectivity index (χ3v) is 5.64. The molecule has 0 radical (unpaired) electrons. The van der Waals surface area contributed by atoms with Gasteiger partial charge in [0, 0.05) is 25.5 Å². The molecule has 0 saturated carbocycles. The molecule has 1 aromatic carbocycles. The fourth-order valence-corrected chi connectivity index (χ4v) is 3.98. The number of aliphatic hydroxyl groups is 1. The predicted octanol–water partition coefficient (Wildman–Crippen LogP) is 2.95. The first-order valence-electron chi connectivity index (χ1n) is 8.89. The molecule has 1 saturated heterocycles. The largest absolute Gasteiger partial charge is 0.508 e. The van der Waals surface area contributed by atoms with Crippen molar-refractivity contribution in [3.05, 3.63) is 40.4 Å². The summed E-state index contributed by atoms with van der Waals surface area (Å²) in [5.41, 5.74) is 1.79. The van der Waals surface area contributed by atoms with Gasteiger partial charge in [-0.15, -0.1) is 11.3 Å². The van der Waals surface area contributed by atoms with Gasteiger partial charge < -0.3 is 20.0 Å². The monoisotopic (exact) mass is 375 g/mol. The molecule has 2 aromatic rings. The average Bonchev–Trinajstić information content (AvgIpc) is 3.14. The first kappa shape index (κ1) is 18.7. The first-order chi connectivity index (χ1) is 12.5. The van der Waals surface area contributed by atoms with Gasteiger partial charge in [0.25, 0.3) is 5.91 Å². The molecule has 1 aromatic heterocycles. The highest BCUT2D eigenvalue weighted by molar-refractivity contribution is 7.13. The van der Waals surface area contributed by atoms with Crippen molar-refractivity contribution in [3.63, 3.8) is 0 Å². The summed E-state index contributed by atoms with van der Waals surface area (Å²) in [5, 5.41) is 22.7. The van der Waals surface area contributed by atoms with Gasteiger partial charge in [0.1, 0.15) is 11.4 Å². The van der Waals surface area contributed by atoms with Crippen LogP contribution in [0.15, 0.2) is 23.6 Å². The Labute approximate surface area is 157 Å². The predicted molar refractivity (Wildman–Crippen MR) is 103 cm³/mol. The number of aromatic hydroxyl groups is 1. The van der Waals surface area contributed by atoms with E-state index >= 15 is 0 Å². The van der Waals surface area contributed by atoms with Crippen molar-refractivity contribution in [1.82, 2.24) is 9.88 Å². The van der Waals surface area contributed by atoms with Crippen molar-refractivity contribution >= 4 is 22.4 Å². The van der Waals surface area contributed by atoms with Crippen LogP contribution in [0.2, 0.25) is 0 Å². The third kappa shape index (κ3) is 4.16. The van der Waals surface area contributed by atoms with Crippen LogP contribution >= 0.6 is 11.3 Å². The SMILES string of the molecule is Cc1cc(C(O)CN(C)C(=O)c2csc(N3CCCCC3)n2)ccc1O. The van der Waals surface area contributed by atoms with Crippen LogP contribution in [-0.4, -0.2) is 52.7 Å². The van der Waals surface area contributed by atoms with E-state index in [-0.39, 0.29) is 18.2 Å². The lowest BCUT2D eigenvalue weighted by Crippen LogP contribution is -2.32. The zero-order chi connectivity index (χ0) is 18.7. The molecular weight excluding hydrogens is 350 g/mol. The van der Waals surface area contributed by atoms with Crippen molar-refractivity contribution in [2.45, 2.75) is 32.3 Å². The summed E-state index contributed by atoms with van der Waals surface area (Å²) in [5.74, 6) is -0.00263. The zero-order valence-electron chi connectivity index (χ0n) is 15.2. The van der Waals surface area contributed by atoms with E-state index in [9.17, 15) is 15.0 Å². The fourth-order valence-electron chi connectivity index (χ4n) is 3.12. The highest BCUT2D eigenvalue weighted by Crippen LogP contribution is 2.25. The molecule has 3 rings (SSSR count). The van der Waals surface area contributed by atoms with Crippen LogP contribution in [0.3, 0.4) is 0 Å². The van der Waals surface area contributed by atoms with Crippen LogP contribution in [0.25, 0.3) is 0 Å². The molecule has 1 amide bonds. The van der Waals surface area contributed by atoms with E-state index in [2.05, 4.69) is 9.88 Å². The van der Waals surface area contributed by atoms with Crippen molar-refractivity contribution < 1.29 is 15.0 Å². The van der Waals surface area contributed by atoms with Crippen LogP contribution in [0.5, 0.6) is 5.75 Å². The van der Waals surface area contributed by atoms with Gasteiger partial charge in [0.2, 0.25) is 0 Å². The molecule has 2 N–H and O–H groups in total. The molecule has 0 bridgehead atoms. The topological polar surface area (TPSA) is 76.9 Å². The number of phenols is 1. The number of hydrogen-bond acceptors (Lipinski definition) is 6. The lowest BCUT2D eigenvalue weighted by atomic mass is 10.1. The third-order valence-electron chi connectivity index (χ3n) is 4.74. The summed E-state index contributed by atoms with van der Waals surface area (Å²) < 4.78 is 0. The maximum absolute atomic E-state index is 12.6. The Morgan fingerprint density at radius 1 is 1.35 bits per heavy atom. The smallest absolute Gasteiger partial charge is 0.273 e. The molecule has 2 heterocycles. The van der Waals surface area contributed by atoms with Crippen LogP contribution < -0.4 is 4.90 Å². The molecule has 1 atom stereocenters. The minimum Gasteiger partial charge on any atom is -0.508 e. The summed E-state index contributed by atoms with van der Waals surface area (Å²) in [6.45, 7) is 3.93. The van der Waals surface area contributed by atoms with E-state index < -0.39 is 6.10 Å². The van der Waals surface area contributed by atoms with Gasteiger partial charge in [-0.25, -0.2) is 4.98 Å². The second-order valence-electron chi connectivity index (χ2n) is 6.81. The van der Waals surface area contributed by atoms with Crippen LogP contribution in [0, 0.1) is 6.92 Å². The lowest BCUT2D eigenvalue weighted by Gasteiger charge is -2.25. The quantitative estimate of drug-likeness (QED) is 0.840. The molecule has 1 unspecified atom stereocenters. The Kier molecular flexibility index (Phi) is 5.78. The van der Waals surface area contributed by atoms with Crippen molar-refractivity contribution in [1.29, 1.82) is 0 Å². The maximum Gasteiger partial charge on any atom is 0.273 e. The molecular formula is C19H25N3O3S. The summed E-state index contributed by atoms with van der Waals surface area (Å²) >= 11 is 1.50. The first-order valence-corrected chi connectivity index (χ1v) is 9.77. The number of aliphatic hydroxyl groups excluding tert-OH is 1. The number of phenolic OH excluding ortho intramolecular Hbond substituents is 1. The molecule has 1 aliphatic heterocycles. The number of rotatable bonds is 5. The molecule has 6 nitrogen and oxygen atoms in total. The van der Waals surface area contributed by atoms with E-state index in [1.807, 2.05) is 0 Å². The van der Waals surface area contributed by atoms with Gasteiger partial charge in [-0.3, -0.25) is 4.79 Å². The number of aromatic nitrogens is 1. The Morgan fingerprint density at radius 3 is 2.77 bits per heavy atom. The van der Waals surface area contributed by atoms with E-state index in [0.717, 1.165) is 18.2 Å². The fraction of sp³-hybridized carbons (Fsp3) is 0.474. The van der Waals surface area contributed by atoms with Crippen LogP contribution in [0.1, 0.15) is 47.0 Å². The molecule has 0 aliphatic carbocycles. The van der Waals surface area contributed by atoms with E-state index in [1.54, 1.807) is 37.6 Å². The number of piperidine rings is 1. The molecule has 1 aliphatic rings. The highest BCUT2D eigenvalue weighted by atomic mass is 32.1.